The lowest BCUT2D eigenvalue weighted by Crippen LogP contribution is -2.21. The van der Waals surface area contributed by atoms with E-state index in [0.29, 0.717) is 14.6 Å². The minimum atomic E-state index is -0.0701. The van der Waals surface area contributed by atoms with Crippen LogP contribution in [0.15, 0.2) is 0 Å². The Hall–Kier alpha value is 0.157. The van der Waals surface area contributed by atoms with E-state index >= 15 is 0 Å². The van der Waals surface area contributed by atoms with Crippen LogP contribution in [-0.2, 0) is 14.3 Å². The molecule has 0 aliphatic heterocycles. The van der Waals surface area contributed by atoms with Gasteiger partial charge < -0.3 is 9.47 Å². The molecule has 0 bridgehead atoms. The number of thioether (sulfide) groups is 1. The van der Waals surface area contributed by atoms with Crippen LogP contribution in [0, 0.1) is 0 Å². The molecule has 0 rings (SSSR count). The minimum absolute atomic E-state index is 0.0701. The highest BCUT2D eigenvalue weighted by molar-refractivity contribution is 8.13. The number of carbonyl (C=O) groups is 1. The molecule has 0 aromatic heterocycles. The van der Waals surface area contributed by atoms with Crippen LogP contribution in [0.3, 0.4) is 0 Å². The fraction of sp³-hybridized carbons (Fsp3) is 0.929. The number of rotatable bonds is 13. The van der Waals surface area contributed by atoms with E-state index in [-0.39, 0.29) is 5.91 Å². The molecular formula is C14H28O3SSi. The van der Waals surface area contributed by atoms with Gasteiger partial charge in [-0.25, -0.2) is 0 Å². The van der Waals surface area contributed by atoms with Crippen LogP contribution >= 0.6 is 11.8 Å². The molecule has 0 aliphatic rings. The summed E-state index contributed by atoms with van der Waals surface area (Å²) in [6.07, 6.45) is 7.89. The molecule has 0 amide bonds. The lowest BCUT2D eigenvalue weighted by Gasteiger charge is -2.11. The largest absolute Gasteiger partial charge is 0.360 e. The molecule has 0 N–H and O–H groups in total. The van der Waals surface area contributed by atoms with Gasteiger partial charge in [-0.1, -0.05) is 50.4 Å². The van der Waals surface area contributed by atoms with Gasteiger partial charge in [0, 0.05) is 26.4 Å². The zero-order valence-corrected chi connectivity index (χ0v) is 14.4. The van der Waals surface area contributed by atoms with Crippen LogP contribution in [0.4, 0.5) is 0 Å². The third-order valence-electron chi connectivity index (χ3n) is 2.81. The highest BCUT2D eigenvalue weighted by Crippen LogP contribution is 2.13. The maximum Gasteiger partial charge on any atom is 0.188 e. The molecule has 0 saturated carbocycles. The molecule has 112 valence electrons. The molecule has 0 atom stereocenters. The molecule has 0 fully saturated rings. The summed E-state index contributed by atoms with van der Waals surface area (Å²) < 4.78 is 10.3. The first-order valence-electron chi connectivity index (χ1n) is 7.19. The predicted molar refractivity (Wildman–Crippen MR) is 83.8 cm³/mol. The fourth-order valence-electron chi connectivity index (χ4n) is 1.69. The van der Waals surface area contributed by atoms with E-state index < -0.39 is 0 Å². The first-order chi connectivity index (χ1) is 9.24. The minimum Gasteiger partial charge on any atom is -0.360 e. The maximum absolute atomic E-state index is 11.6. The lowest BCUT2D eigenvalue weighted by molar-refractivity contribution is -0.111. The average Bonchev–Trinajstić information content (AvgIpc) is 2.42. The summed E-state index contributed by atoms with van der Waals surface area (Å²) in [4.78, 5) is 11.6. The van der Waals surface area contributed by atoms with E-state index in [4.69, 9.17) is 9.47 Å². The van der Waals surface area contributed by atoms with Gasteiger partial charge in [0.25, 0.3) is 0 Å². The highest BCUT2D eigenvalue weighted by Gasteiger charge is 2.07. The molecule has 0 saturated heterocycles. The lowest BCUT2D eigenvalue weighted by atomic mass is 10.1. The van der Waals surface area contributed by atoms with Crippen molar-refractivity contribution in [3.8, 4) is 0 Å². The van der Waals surface area contributed by atoms with E-state index in [0.717, 1.165) is 31.1 Å². The van der Waals surface area contributed by atoms with Crippen molar-refractivity contribution in [3.05, 3.63) is 0 Å². The van der Waals surface area contributed by atoms with E-state index in [1.807, 2.05) is 0 Å². The van der Waals surface area contributed by atoms with Crippen molar-refractivity contribution in [1.29, 1.82) is 0 Å². The number of unbranched alkanes of at least 4 members (excludes halogenated alkanes) is 4. The van der Waals surface area contributed by atoms with Gasteiger partial charge in [-0.05, 0) is 12.8 Å². The van der Waals surface area contributed by atoms with Gasteiger partial charge in [0.2, 0.25) is 0 Å². The van der Waals surface area contributed by atoms with E-state index in [1.54, 1.807) is 14.2 Å². The normalized spacial score (nSPS) is 11.2. The molecule has 3 nitrogen and oxygen atoms in total. The first kappa shape index (κ1) is 19.2. The maximum atomic E-state index is 11.6. The van der Waals surface area contributed by atoms with Crippen LogP contribution in [0.25, 0.3) is 0 Å². The molecule has 0 unspecified atom stereocenters. The van der Waals surface area contributed by atoms with Gasteiger partial charge in [-0.15, -0.1) is 0 Å². The SMILES string of the molecule is CCCCCCCC(=O)SCCC[Si]C(OC)OC. The van der Waals surface area contributed by atoms with Crippen molar-refractivity contribution >= 4 is 26.4 Å². The summed E-state index contributed by atoms with van der Waals surface area (Å²) >= 11 is 1.49. The molecule has 0 heterocycles. The van der Waals surface area contributed by atoms with Crippen molar-refractivity contribution in [2.24, 2.45) is 0 Å². The molecule has 0 aromatic rings. The van der Waals surface area contributed by atoms with Crippen LogP contribution in [0.5, 0.6) is 0 Å². The summed E-state index contributed by atoms with van der Waals surface area (Å²) in [5.41, 5.74) is 0. The molecular weight excluding hydrogens is 276 g/mol. The molecule has 0 aliphatic carbocycles. The monoisotopic (exact) mass is 304 g/mol. The quantitative estimate of drug-likeness (QED) is 0.295. The predicted octanol–water partition coefficient (Wildman–Crippen LogP) is 3.70. The molecule has 0 spiro atoms. The fourth-order valence-corrected chi connectivity index (χ4v) is 3.70. The van der Waals surface area contributed by atoms with Crippen LogP contribution in [-0.4, -0.2) is 40.5 Å². The van der Waals surface area contributed by atoms with Gasteiger partial charge in [-0.2, -0.15) is 0 Å². The zero-order chi connectivity index (χ0) is 14.3. The summed E-state index contributed by atoms with van der Waals surface area (Å²) in [5, 5.41) is 0.356. The standard InChI is InChI=1S/C14H28O3SSi/c1-4-5-6-7-8-10-13(15)18-11-9-12-19-14(16-2)17-3/h14H,4-12H2,1-3H3. The van der Waals surface area contributed by atoms with Crippen molar-refractivity contribution in [1.82, 2.24) is 0 Å². The molecule has 19 heavy (non-hydrogen) atoms. The van der Waals surface area contributed by atoms with E-state index in [9.17, 15) is 4.79 Å². The van der Waals surface area contributed by atoms with Gasteiger partial charge in [0.1, 0.15) is 15.4 Å². The first-order valence-corrected chi connectivity index (χ1v) is 9.46. The Morgan fingerprint density at radius 3 is 2.42 bits per heavy atom. The Kier molecular flexibility index (Phi) is 14.7. The Balaban J connectivity index is 3.29. The summed E-state index contributed by atoms with van der Waals surface area (Å²) in [6, 6.07) is 1.07. The number of hydrogen-bond acceptors (Lipinski definition) is 4. The smallest absolute Gasteiger partial charge is 0.188 e. The highest BCUT2D eigenvalue weighted by atomic mass is 32.2. The third-order valence-corrected chi connectivity index (χ3v) is 5.27. The zero-order valence-electron chi connectivity index (χ0n) is 12.6. The summed E-state index contributed by atoms with van der Waals surface area (Å²) in [5.74, 6) is 0.861. The summed E-state index contributed by atoms with van der Waals surface area (Å²) in [6.45, 7) is 2.21. The van der Waals surface area contributed by atoms with Gasteiger partial charge >= 0.3 is 0 Å². The number of methoxy groups -OCH3 is 2. The Morgan fingerprint density at radius 1 is 1.11 bits per heavy atom. The second-order valence-corrected chi connectivity index (χ2v) is 7.03. The number of hydrogen-bond donors (Lipinski definition) is 0. The van der Waals surface area contributed by atoms with Crippen LogP contribution in [0.1, 0.15) is 51.9 Å². The average molecular weight is 305 g/mol. The van der Waals surface area contributed by atoms with E-state index in [2.05, 4.69) is 6.92 Å². The van der Waals surface area contributed by atoms with Crippen molar-refractivity contribution < 1.29 is 14.3 Å². The number of ether oxygens (including phenoxy) is 2. The van der Waals surface area contributed by atoms with Crippen molar-refractivity contribution in [3.63, 3.8) is 0 Å². The Morgan fingerprint density at radius 2 is 1.79 bits per heavy atom. The second-order valence-electron chi connectivity index (χ2n) is 4.50. The van der Waals surface area contributed by atoms with E-state index in [1.165, 1.54) is 37.4 Å². The van der Waals surface area contributed by atoms with Gasteiger partial charge in [0.15, 0.2) is 5.12 Å². The van der Waals surface area contributed by atoms with Crippen LogP contribution < -0.4 is 0 Å². The Bertz CT molecular complexity index is 211. The molecule has 2 radical (unpaired) electrons. The van der Waals surface area contributed by atoms with Gasteiger partial charge in [-0.3, -0.25) is 4.79 Å². The van der Waals surface area contributed by atoms with Gasteiger partial charge in [0.05, 0.1) is 0 Å². The van der Waals surface area contributed by atoms with Crippen molar-refractivity contribution in [2.45, 2.75) is 63.8 Å². The molecule has 0 aromatic carbocycles. The number of carbonyl (C=O) groups excluding carboxylic acids is 1. The molecule has 5 heteroatoms. The third kappa shape index (κ3) is 12.9. The van der Waals surface area contributed by atoms with Crippen molar-refractivity contribution in [2.75, 3.05) is 20.0 Å². The second kappa shape index (κ2) is 14.6. The Labute approximate surface area is 125 Å². The summed E-state index contributed by atoms with van der Waals surface area (Å²) in [7, 11) is 3.99. The topological polar surface area (TPSA) is 35.5 Å². The van der Waals surface area contributed by atoms with Crippen LogP contribution in [0.2, 0.25) is 6.04 Å².